The van der Waals surface area contributed by atoms with Crippen LogP contribution in [0.25, 0.3) is 10.8 Å². The lowest BCUT2D eigenvalue weighted by atomic mass is 9.69. The fourth-order valence-corrected chi connectivity index (χ4v) is 5.51. The Bertz CT molecular complexity index is 1310. The average molecular weight is 499 g/mol. The summed E-state index contributed by atoms with van der Waals surface area (Å²) in [5.74, 6) is 0.0131. The third-order valence-corrected chi connectivity index (χ3v) is 7.41. The van der Waals surface area contributed by atoms with E-state index in [9.17, 15) is 14.7 Å². The van der Waals surface area contributed by atoms with Crippen molar-refractivity contribution in [2.45, 2.75) is 63.9 Å². The molecule has 1 amide bonds. The molecule has 0 spiro atoms. The predicted molar refractivity (Wildman–Crippen MR) is 136 cm³/mol. The van der Waals surface area contributed by atoms with E-state index in [1.54, 1.807) is 44.4 Å². The highest BCUT2D eigenvalue weighted by Crippen LogP contribution is 2.45. The molecule has 4 rings (SSSR count). The minimum atomic E-state index is -1.62. The van der Waals surface area contributed by atoms with Crippen LogP contribution < -0.4 is 15.7 Å². The zero-order chi connectivity index (χ0) is 25.4. The maximum atomic E-state index is 13.7. The smallest absolute Gasteiger partial charge is 0.366 e. The van der Waals surface area contributed by atoms with Crippen LogP contribution in [0.3, 0.4) is 0 Å². The Morgan fingerprint density at radius 3 is 2.60 bits per heavy atom. The third-order valence-electron chi connectivity index (χ3n) is 7.18. The molecule has 1 heterocycles. The highest BCUT2D eigenvalue weighted by atomic mass is 35.5. The molecule has 1 saturated carbocycles. The molecule has 8 heteroatoms. The van der Waals surface area contributed by atoms with Crippen molar-refractivity contribution in [3.63, 3.8) is 0 Å². The second-order valence-corrected chi connectivity index (χ2v) is 10.5. The minimum absolute atomic E-state index is 0.178. The van der Waals surface area contributed by atoms with Gasteiger partial charge in [0.15, 0.2) is 0 Å². The van der Waals surface area contributed by atoms with Gasteiger partial charge in [0.05, 0.1) is 18.2 Å². The first-order valence-corrected chi connectivity index (χ1v) is 12.2. The van der Waals surface area contributed by atoms with Gasteiger partial charge in [0.2, 0.25) is 0 Å². The van der Waals surface area contributed by atoms with Crippen molar-refractivity contribution in [1.82, 2.24) is 5.16 Å². The summed E-state index contributed by atoms with van der Waals surface area (Å²) in [6.45, 7) is 5.70. The van der Waals surface area contributed by atoms with Gasteiger partial charge < -0.3 is 19.7 Å². The molecule has 1 aromatic heterocycles. The SMILES string of the molecule is COc1ccc(Cl)cc1C(C)(C)CC(O)(C(=O)Nc1ccc2c(=O)onc(C)c2c1)C1CCCC1. The summed E-state index contributed by atoms with van der Waals surface area (Å²) in [5.41, 5.74) is -0.929. The number of ether oxygens (including phenoxy) is 1. The number of rotatable bonds is 7. The second kappa shape index (κ2) is 9.63. The second-order valence-electron chi connectivity index (χ2n) is 10.1. The van der Waals surface area contributed by atoms with Crippen LogP contribution in [0.2, 0.25) is 5.02 Å². The molecule has 2 N–H and O–H groups in total. The number of aryl methyl sites for hydroxylation is 1. The van der Waals surface area contributed by atoms with Crippen LogP contribution in [0.1, 0.15) is 57.2 Å². The summed E-state index contributed by atoms with van der Waals surface area (Å²) in [6, 6.07) is 10.3. The van der Waals surface area contributed by atoms with Crippen LogP contribution in [-0.2, 0) is 10.2 Å². The monoisotopic (exact) mass is 498 g/mol. The number of nitrogens with one attached hydrogen (secondary N) is 1. The molecule has 3 aromatic rings. The van der Waals surface area contributed by atoms with Gasteiger partial charge in [-0.25, -0.2) is 4.79 Å². The number of aliphatic hydroxyl groups is 1. The average Bonchev–Trinajstić information content (AvgIpc) is 3.37. The van der Waals surface area contributed by atoms with Crippen LogP contribution in [0.4, 0.5) is 5.69 Å². The molecule has 1 aliphatic carbocycles. The molecule has 0 aliphatic heterocycles. The van der Waals surface area contributed by atoms with E-state index in [0.29, 0.717) is 32.9 Å². The lowest BCUT2D eigenvalue weighted by molar-refractivity contribution is -0.143. The number of aromatic nitrogens is 1. The largest absolute Gasteiger partial charge is 0.496 e. The van der Waals surface area contributed by atoms with Gasteiger partial charge in [-0.2, -0.15) is 0 Å². The number of nitrogens with zero attached hydrogens (tertiary/aromatic N) is 1. The number of hydrogen-bond donors (Lipinski definition) is 2. The van der Waals surface area contributed by atoms with E-state index < -0.39 is 22.5 Å². The van der Waals surface area contributed by atoms with Crippen molar-refractivity contribution in [2.24, 2.45) is 5.92 Å². The lowest BCUT2D eigenvalue weighted by Crippen LogP contribution is -2.52. The van der Waals surface area contributed by atoms with Gasteiger partial charge in [-0.05, 0) is 73.9 Å². The fraction of sp³-hybridized carbons (Fsp3) is 0.444. The Labute approximate surface area is 209 Å². The van der Waals surface area contributed by atoms with Crippen LogP contribution in [0.5, 0.6) is 5.75 Å². The Balaban J connectivity index is 1.69. The van der Waals surface area contributed by atoms with Gasteiger partial charge in [-0.15, -0.1) is 0 Å². The van der Waals surface area contributed by atoms with Crippen LogP contribution in [-0.4, -0.2) is 28.9 Å². The molecule has 2 aromatic carbocycles. The molecule has 0 saturated heterocycles. The van der Waals surface area contributed by atoms with Crippen molar-refractivity contribution in [2.75, 3.05) is 12.4 Å². The minimum Gasteiger partial charge on any atom is -0.496 e. The molecule has 0 radical (unpaired) electrons. The van der Waals surface area contributed by atoms with E-state index in [-0.39, 0.29) is 12.3 Å². The van der Waals surface area contributed by atoms with Crippen molar-refractivity contribution >= 4 is 34.0 Å². The van der Waals surface area contributed by atoms with Crippen molar-refractivity contribution in [1.29, 1.82) is 0 Å². The Morgan fingerprint density at radius 1 is 1.20 bits per heavy atom. The highest BCUT2D eigenvalue weighted by Gasteiger charge is 2.49. The molecular formula is C27H31ClN2O5. The van der Waals surface area contributed by atoms with Crippen molar-refractivity contribution < 1.29 is 19.2 Å². The Hall–Kier alpha value is -2.90. The molecule has 186 valence electrons. The summed E-state index contributed by atoms with van der Waals surface area (Å²) in [7, 11) is 1.59. The molecule has 1 aliphatic rings. The lowest BCUT2D eigenvalue weighted by Gasteiger charge is -2.40. The van der Waals surface area contributed by atoms with Crippen LogP contribution >= 0.6 is 11.6 Å². The van der Waals surface area contributed by atoms with Gasteiger partial charge in [0, 0.05) is 21.7 Å². The van der Waals surface area contributed by atoms with Crippen LogP contribution in [0.15, 0.2) is 45.7 Å². The van der Waals surface area contributed by atoms with E-state index >= 15 is 0 Å². The fourth-order valence-electron chi connectivity index (χ4n) is 5.34. The number of halogens is 1. The number of fused-ring (bicyclic) bond motifs is 1. The number of anilines is 1. The molecular weight excluding hydrogens is 468 g/mol. The summed E-state index contributed by atoms with van der Waals surface area (Å²) >= 11 is 6.29. The summed E-state index contributed by atoms with van der Waals surface area (Å²) in [5, 5.41) is 20.2. The van der Waals surface area contributed by atoms with Crippen molar-refractivity contribution in [3.8, 4) is 5.75 Å². The van der Waals surface area contributed by atoms with E-state index in [0.717, 1.165) is 31.2 Å². The summed E-state index contributed by atoms with van der Waals surface area (Å²) in [6.07, 6.45) is 3.67. The van der Waals surface area contributed by atoms with E-state index in [1.807, 2.05) is 19.9 Å². The van der Waals surface area contributed by atoms with E-state index in [1.165, 1.54) is 0 Å². The van der Waals surface area contributed by atoms with Crippen LogP contribution in [0, 0.1) is 12.8 Å². The third kappa shape index (κ3) is 4.93. The van der Waals surface area contributed by atoms with Gasteiger partial charge >= 0.3 is 5.63 Å². The number of amides is 1. The molecule has 0 bridgehead atoms. The molecule has 1 atom stereocenters. The maximum absolute atomic E-state index is 13.7. The standard InChI is InChI=1S/C27H31ClN2O5/c1-16-21-14-19(10-11-20(21)24(31)35-30-16)29-25(32)27(33,17-7-5-6-8-17)15-26(2,3)22-13-18(28)9-12-23(22)34-4/h9-14,17,33H,5-8,15H2,1-4H3,(H,29,32). The molecule has 1 unspecified atom stereocenters. The summed E-state index contributed by atoms with van der Waals surface area (Å²) in [4.78, 5) is 25.7. The highest BCUT2D eigenvalue weighted by molar-refractivity contribution is 6.30. The first kappa shape index (κ1) is 25.2. The Morgan fingerprint density at radius 2 is 1.91 bits per heavy atom. The molecule has 35 heavy (non-hydrogen) atoms. The van der Waals surface area contributed by atoms with E-state index in [2.05, 4.69) is 10.5 Å². The zero-order valence-corrected chi connectivity index (χ0v) is 21.2. The molecule has 7 nitrogen and oxygen atoms in total. The normalized spacial score (nSPS) is 16.3. The van der Waals surface area contributed by atoms with Crippen molar-refractivity contribution in [3.05, 3.63) is 63.1 Å². The zero-order valence-electron chi connectivity index (χ0n) is 20.5. The quantitative estimate of drug-likeness (QED) is 0.453. The topological polar surface area (TPSA) is 102 Å². The number of carbonyl (C=O) groups is 1. The first-order valence-electron chi connectivity index (χ1n) is 11.8. The van der Waals surface area contributed by atoms with Gasteiger partial charge in [0.1, 0.15) is 11.4 Å². The van der Waals surface area contributed by atoms with E-state index in [4.69, 9.17) is 20.9 Å². The number of carbonyl (C=O) groups excluding carboxylic acids is 1. The van der Waals surface area contributed by atoms with Gasteiger partial charge in [0.25, 0.3) is 5.91 Å². The number of hydrogen-bond acceptors (Lipinski definition) is 6. The number of methoxy groups -OCH3 is 1. The Kier molecular flexibility index (Phi) is 6.93. The van der Waals surface area contributed by atoms with Gasteiger partial charge in [-0.3, -0.25) is 4.79 Å². The maximum Gasteiger partial charge on any atom is 0.366 e. The first-order chi connectivity index (χ1) is 16.5. The summed E-state index contributed by atoms with van der Waals surface area (Å²) < 4.78 is 10.4. The predicted octanol–water partition coefficient (Wildman–Crippen LogP) is 5.39. The molecule has 1 fully saturated rings. The van der Waals surface area contributed by atoms with Gasteiger partial charge in [-0.1, -0.05) is 43.4 Å². The number of benzene rings is 2.